The van der Waals surface area contributed by atoms with Gasteiger partial charge in [-0.25, -0.2) is 0 Å². The summed E-state index contributed by atoms with van der Waals surface area (Å²) in [7, 11) is 0. The molecule has 53 heavy (non-hydrogen) atoms. The fourth-order valence-corrected chi connectivity index (χ4v) is 11.0. The number of anilines is 1. The van der Waals surface area contributed by atoms with Crippen molar-refractivity contribution in [1.82, 2.24) is 4.90 Å². The summed E-state index contributed by atoms with van der Waals surface area (Å²) in [5.41, 5.74) is 20.6. The third kappa shape index (κ3) is 6.90. The molecular weight excluding hydrogens is 844 g/mol. The summed E-state index contributed by atoms with van der Waals surface area (Å²) in [6.45, 7) is 13.5. The minimum Gasteiger partial charge on any atom is -0.371 e. The Morgan fingerprint density at radius 3 is 2.42 bits per heavy atom. The van der Waals surface area contributed by atoms with E-state index in [1.165, 1.54) is 123 Å². The average Bonchev–Trinajstić information content (AvgIpc) is 3.22. The van der Waals surface area contributed by atoms with Crippen molar-refractivity contribution in [2.45, 2.75) is 90.9 Å². The van der Waals surface area contributed by atoms with E-state index in [0.717, 1.165) is 105 Å². The van der Waals surface area contributed by atoms with Crippen LogP contribution in [0.4, 0.5) is 5.69 Å². The molecule has 269 valence electrons. The molecule has 0 unspecified atom stereocenters. The maximum absolute atomic E-state index is 6.61. The van der Waals surface area contributed by atoms with Crippen LogP contribution in [0, 0.1) is 13.8 Å². The van der Waals surface area contributed by atoms with Gasteiger partial charge in [-0.15, -0.1) is 0 Å². The van der Waals surface area contributed by atoms with E-state index in [1.807, 2.05) is 6.26 Å². The molecule has 1 fully saturated rings. The predicted molar refractivity (Wildman–Crippen MR) is 220 cm³/mol. The van der Waals surface area contributed by atoms with Crippen molar-refractivity contribution >= 4 is 42.6 Å². The van der Waals surface area contributed by atoms with Gasteiger partial charge in [0, 0.05) is 24.4 Å². The number of rotatable bonds is 4. The van der Waals surface area contributed by atoms with Gasteiger partial charge in [0.15, 0.2) is 0 Å². The molecule has 6 heterocycles. The van der Waals surface area contributed by atoms with Crippen molar-refractivity contribution in [3.63, 3.8) is 0 Å². The van der Waals surface area contributed by atoms with Crippen LogP contribution in [0.5, 0.6) is 5.75 Å². The van der Waals surface area contributed by atoms with Crippen molar-refractivity contribution in [1.29, 1.82) is 0 Å². The third-order valence-electron chi connectivity index (χ3n) is 12.2. The Hall–Kier alpha value is -3.78. The van der Waals surface area contributed by atoms with E-state index >= 15 is 0 Å². The molecule has 0 bridgehead atoms. The smallest absolute Gasteiger partial charge is 0.371 e. The van der Waals surface area contributed by atoms with E-state index in [4.69, 9.17) is 9.47 Å². The topological polar surface area (TPSA) is 24.9 Å². The molecule has 1 aliphatic carbocycles. The van der Waals surface area contributed by atoms with Gasteiger partial charge < -0.3 is 9.64 Å². The van der Waals surface area contributed by atoms with Gasteiger partial charge in [0.25, 0.3) is 0 Å². The molecule has 0 saturated carbocycles. The van der Waals surface area contributed by atoms with Gasteiger partial charge in [-0.1, -0.05) is 12.7 Å². The molecule has 4 nitrogen and oxygen atoms in total. The summed E-state index contributed by atoms with van der Waals surface area (Å²) in [4.78, 5) is 5.20. The molecule has 5 heteroatoms. The normalized spacial score (nSPS) is 25.0. The minimum atomic E-state index is 0.820. The van der Waals surface area contributed by atoms with Gasteiger partial charge >= 0.3 is 251 Å². The number of aryl methyl sites for hydroxylation is 3. The summed E-state index contributed by atoms with van der Waals surface area (Å²) < 4.78 is 14.1. The third-order valence-corrected chi connectivity index (χ3v) is 13.2. The summed E-state index contributed by atoms with van der Waals surface area (Å²) in [6, 6.07) is 9.52. The predicted octanol–water partition coefficient (Wildman–Crippen LogP) is 10.8. The molecule has 2 aromatic rings. The Bertz CT molecular complexity index is 2130. The summed E-state index contributed by atoms with van der Waals surface area (Å²) >= 11 is 0.889. The standard InChI is InChI=1S/C48H51N2O2.Pb/c1-32-27-33(2)29-41(28-32)45-37(17-15-35-16-18-39-11-5-22-49-24-7-13-42(46(39)49)34(3)52-31-35)9-4-10-38(45)20-19-36-21-26-51-48-43-14-8-25-50-23-6-12-40(47(43)50)30-44(36)48;/h15,17-21,27-31H,3-14,16,22-25H2,1-2H3;/b17-15+,35-31-,36-19+,38-20+,39-18-;. The monoisotopic (exact) mass is 895 g/mol. The molecule has 0 spiro atoms. The second kappa shape index (κ2) is 14.8. The fourth-order valence-electron chi connectivity index (χ4n) is 9.96. The van der Waals surface area contributed by atoms with Crippen molar-refractivity contribution in [3.8, 4) is 5.75 Å². The summed E-state index contributed by atoms with van der Waals surface area (Å²) in [5, 5.41) is 0. The van der Waals surface area contributed by atoms with Gasteiger partial charge in [-0.05, 0) is 31.3 Å². The van der Waals surface area contributed by atoms with Crippen molar-refractivity contribution in [2.75, 3.05) is 31.1 Å². The molecule has 9 rings (SSSR count). The Morgan fingerprint density at radius 2 is 1.57 bits per heavy atom. The summed E-state index contributed by atoms with van der Waals surface area (Å²) in [5.74, 6) is 1.95. The van der Waals surface area contributed by atoms with Crippen LogP contribution in [-0.2, 0) is 17.6 Å². The molecule has 0 aromatic heterocycles. The zero-order valence-corrected chi connectivity index (χ0v) is 35.5. The van der Waals surface area contributed by atoms with E-state index in [9.17, 15) is 0 Å². The first kappa shape index (κ1) is 35.0. The molecule has 0 N–H and O–H groups in total. The number of hydrogen-bond donors (Lipinski definition) is 0. The van der Waals surface area contributed by atoms with Crippen molar-refractivity contribution in [2.24, 2.45) is 0 Å². The number of ether oxygens (including phenoxy) is 2. The van der Waals surface area contributed by atoms with Crippen LogP contribution < -0.4 is 9.64 Å². The van der Waals surface area contributed by atoms with E-state index in [2.05, 4.69) is 90.9 Å². The van der Waals surface area contributed by atoms with Crippen LogP contribution in [0.2, 0.25) is 0 Å². The van der Waals surface area contributed by atoms with Crippen LogP contribution >= 0.6 is 0 Å². The molecule has 0 amide bonds. The number of allylic oxidation sites excluding steroid dienone is 13. The Kier molecular flexibility index (Phi) is 9.77. The number of piperidine rings is 1. The first-order valence-corrected chi connectivity index (χ1v) is 22.0. The van der Waals surface area contributed by atoms with Crippen LogP contribution in [-0.4, -0.2) is 56.8 Å². The fraction of sp³-hybridized carbons (Fsp3) is 0.375. The van der Waals surface area contributed by atoms with Crippen LogP contribution in [0.1, 0.15) is 97.6 Å². The molecule has 7 aliphatic rings. The zero-order chi connectivity index (χ0) is 36.1. The average molecular weight is 895 g/mol. The zero-order valence-electron chi connectivity index (χ0n) is 31.6. The van der Waals surface area contributed by atoms with E-state index in [0.29, 0.717) is 0 Å². The van der Waals surface area contributed by atoms with Gasteiger partial charge in [0.05, 0.1) is 0 Å². The number of nitrogens with zero attached hydrogens (tertiary/aromatic N) is 2. The molecule has 1 saturated heterocycles. The second-order valence-electron chi connectivity index (χ2n) is 16.0. The second-order valence-corrected chi connectivity index (χ2v) is 17.9. The molecule has 0 atom stereocenters. The first-order valence-electron chi connectivity index (χ1n) is 20.1. The van der Waals surface area contributed by atoms with Crippen LogP contribution in [0.3, 0.4) is 0 Å². The number of fused-ring (bicyclic) bond motifs is 2. The van der Waals surface area contributed by atoms with Crippen molar-refractivity contribution in [3.05, 3.63) is 150 Å². The van der Waals surface area contributed by atoms with Gasteiger partial charge in [0.2, 0.25) is 0 Å². The maximum atomic E-state index is 6.61. The van der Waals surface area contributed by atoms with Gasteiger partial charge in [-0.2, -0.15) is 0 Å². The molecule has 3 radical (unpaired) electrons. The molecular formula is C48H51N2O2Pb. The Balaban J connectivity index is 1.10. The van der Waals surface area contributed by atoms with E-state index in [1.54, 1.807) is 0 Å². The van der Waals surface area contributed by atoms with E-state index < -0.39 is 0 Å². The van der Waals surface area contributed by atoms with Crippen molar-refractivity contribution < 1.29 is 9.47 Å². The quantitative estimate of drug-likeness (QED) is 0.286. The number of benzene rings is 2. The van der Waals surface area contributed by atoms with Gasteiger partial charge in [-0.3, -0.25) is 0 Å². The van der Waals surface area contributed by atoms with Gasteiger partial charge in [0.1, 0.15) is 5.76 Å². The Labute approximate surface area is 332 Å². The Morgan fingerprint density at radius 1 is 0.792 bits per heavy atom. The minimum absolute atomic E-state index is 0.820. The SMILES string of the molecule is C=C1O/C=C(/C=C/C2=C(c3cc(C)cc(C)c3)C(=C/C=C3\C=[C]([Pb])Oc4c3cc3c5c4CCCN5CCC3)/CCC2)C/C=C2/CCCN3CCCC1=C23. The summed E-state index contributed by atoms with van der Waals surface area (Å²) in [6.07, 6.45) is 29.7. The molecule has 6 aliphatic heterocycles. The van der Waals surface area contributed by atoms with Crippen LogP contribution in [0.15, 0.2) is 116 Å². The van der Waals surface area contributed by atoms with Crippen LogP contribution in [0.25, 0.3) is 11.1 Å². The first-order chi connectivity index (χ1) is 25.9. The van der Waals surface area contributed by atoms with E-state index in [-0.39, 0.29) is 0 Å². The number of hydrogen-bond acceptors (Lipinski definition) is 4. The molecule has 2 aromatic carbocycles.